The molecule has 0 bridgehead atoms. The third-order valence-corrected chi connectivity index (χ3v) is 3.48. The van der Waals surface area contributed by atoms with Gasteiger partial charge in [-0.05, 0) is 11.6 Å². The maximum Gasteiger partial charge on any atom is 0.183 e. The first kappa shape index (κ1) is 13.8. The maximum absolute atomic E-state index is 13.7. The molecule has 2 heterocycles. The number of aromatic nitrogens is 2. The molecule has 1 atom stereocenters. The van der Waals surface area contributed by atoms with Gasteiger partial charge >= 0.3 is 0 Å². The van der Waals surface area contributed by atoms with E-state index < -0.39 is 5.82 Å². The second-order valence-corrected chi connectivity index (χ2v) is 5.23. The van der Waals surface area contributed by atoms with E-state index in [0.29, 0.717) is 12.4 Å². The van der Waals surface area contributed by atoms with Gasteiger partial charge in [-0.1, -0.05) is 12.1 Å². The molecule has 0 saturated heterocycles. The third-order valence-electron chi connectivity index (χ3n) is 3.48. The number of hydrogen-bond acceptors (Lipinski definition) is 5. The maximum atomic E-state index is 13.7. The second kappa shape index (κ2) is 5.29. The predicted molar refractivity (Wildman–Crippen MR) is 78.9 cm³/mol. The Kier molecular flexibility index (Phi) is 3.47. The summed E-state index contributed by atoms with van der Waals surface area (Å²) in [4.78, 5) is 10.0. The van der Waals surface area contributed by atoms with Crippen molar-refractivity contribution >= 4 is 5.82 Å². The molecule has 0 amide bonds. The summed E-state index contributed by atoms with van der Waals surface area (Å²) in [6, 6.07) is 5.81. The summed E-state index contributed by atoms with van der Waals surface area (Å²) in [7, 11) is 3.48. The van der Waals surface area contributed by atoms with Gasteiger partial charge in [0.1, 0.15) is 11.9 Å². The number of halogens is 1. The van der Waals surface area contributed by atoms with Crippen molar-refractivity contribution in [1.29, 1.82) is 0 Å². The molecule has 1 aromatic heterocycles. The van der Waals surface area contributed by atoms with Gasteiger partial charge in [-0.25, -0.2) is 14.4 Å². The molecule has 6 heteroatoms. The summed E-state index contributed by atoms with van der Waals surface area (Å²) >= 11 is 0. The number of para-hydroxylation sites is 1. The number of nitrogens with two attached hydrogens (primary N) is 1. The molecular weight excluding hydrogens is 271 g/mol. The summed E-state index contributed by atoms with van der Waals surface area (Å²) in [6.45, 7) is 0.460. The molecular formula is C15H17FN4O. The number of hydrogen-bond donors (Lipinski definition) is 1. The smallest absolute Gasteiger partial charge is 0.183 e. The minimum absolute atomic E-state index is 0.0186. The molecule has 2 N–H and O–H groups in total. The van der Waals surface area contributed by atoms with Crippen LogP contribution in [0.15, 0.2) is 24.4 Å². The van der Waals surface area contributed by atoms with Crippen molar-refractivity contribution in [3.8, 4) is 17.1 Å². The van der Waals surface area contributed by atoms with Crippen molar-refractivity contribution in [2.24, 2.45) is 5.73 Å². The summed E-state index contributed by atoms with van der Waals surface area (Å²) in [6.07, 6.45) is 1.95. The number of rotatable bonds is 3. The molecule has 110 valence electrons. The van der Waals surface area contributed by atoms with E-state index in [4.69, 9.17) is 10.5 Å². The molecule has 0 saturated carbocycles. The Morgan fingerprint density at radius 2 is 2.24 bits per heavy atom. The highest BCUT2D eigenvalue weighted by atomic mass is 19.1. The normalized spacial score (nSPS) is 16.5. The summed E-state index contributed by atoms with van der Waals surface area (Å²) in [5.74, 6) is 1.02. The lowest BCUT2D eigenvalue weighted by molar-refractivity contribution is 0.242. The van der Waals surface area contributed by atoms with Crippen molar-refractivity contribution in [3.63, 3.8) is 0 Å². The van der Waals surface area contributed by atoms with Crippen LogP contribution in [0.25, 0.3) is 11.4 Å². The first-order valence-corrected chi connectivity index (χ1v) is 6.79. The molecule has 21 heavy (non-hydrogen) atoms. The van der Waals surface area contributed by atoms with Gasteiger partial charge in [-0.2, -0.15) is 0 Å². The van der Waals surface area contributed by atoms with Crippen LogP contribution in [0.5, 0.6) is 5.75 Å². The van der Waals surface area contributed by atoms with Crippen molar-refractivity contribution in [2.45, 2.75) is 12.5 Å². The molecule has 1 aliphatic rings. The molecule has 5 nitrogen and oxygen atoms in total. The van der Waals surface area contributed by atoms with Crippen LogP contribution < -0.4 is 15.4 Å². The quantitative estimate of drug-likeness (QED) is 0.929. The van der Waals surface area contributed by atoms with Gasteiger partial charge in [0.05, 0.1) is 11.8 Å². The van der Waals surface area contributed by atoms with E-state index >= 15 is 0 Å². The van der Waals surface area contributed by atoms with Crippen molar-refractivity contribution in [3.05, 3.63) is 35.8 Å². The Balaban J connectivity index is 2.07. The topological polar surface area (TPSA) is 64.3 Å². The summed E-state index contributed by atoms with van der Waals surface area (Å²) < 4.78 is 19.6. The number of ether oxygens (including phenoxy) is 1. The van der Waals surface area contributed by atoms with E-state index in [0.717, 1.165) is 23.3 Å². The van der Waals surface area contributed by atoms with Gasteiger partial charge in [-0.15, -0.1) is 0 Å². The van der Waals surface area contributed by atoms with Crippen LogP contribution in [0.2, 0.25) is 0 Å². The van der Waals surface area contributed by atoms with Gasteiger partial charge in [-0.3, -0.25) is 0 Å². The molecule has 1 unspecified atom stereocenters. The highest BCUT2D eigenvalue weighted by Crippen LogP contribution is 2.37. The van der Waals surface area contributed by atoms with Crippen LogP contribution in [0.1, 0.15) is 5.56 Å². The fraction of sp³-hybridized carbons (Fsp3) is 0.333. The van der Waals surface area contributed by atoms with E-state index in [1.807, 2.05) is 18.2 Å². The van der Waals surface area contributed by atoms with Crippen molar-refractivity contribution in [2.75, 3.05) is 25.5 Å². The molecule has 0 aliphatic carbocycles. The Morgan fingerprint density at radius 3 is 2.95 bits per heavy atom. The first-order chi connectivity index (χ1) is 10.1. The molecule has 0 spiro atoms. The average Bonchev–Trinajstić information content (AvgIpc) is 2.90. The van der Waals surface area contributed by atoms with E-state index in [1.54, 1.807) is 19.0 Å². The third kappa shape index (κ3) is 2.42. The molecule has 2 aromatic rings. The minimum atomic E-state index is -0.447. The SMILES string of the molecule is CN(C)c1nc(-c2cccc3c2OC(CN)C3)ncc1F. The van der Waals surface area contributed by atoms with Gasteiger partial charge in [0, 0.05) is 27.1 Å². The molecule has 0 radical (unpaired) electrons. The van der Waals surface area contributed by atoms with E-state index in [9.17, 15) is 4.39 Å². The molecule has 0 fully saturated rings. The van der Waals surface area contributed by atoms with Gasteiger partial charge in [0.25, 0.3) is 0 Å². The van der Waals surface area contributed by atoms with Crippen LogP contribution in [0.4, 0.5) is 10.2 Å². The number of nitrogens with zero attached hydrogens (tertiary/aromatic N) is 3. The highest BCUT2D eigenvalue weighted by Gasteiger charge is 2.26. The van der Waals surface area contributed by atoms with E-state index in [-0.39, 0.29) is 11.9 Å². The second-order valence-electron chi connectivity index (χ2n) is 5.23. The zero-order valence-corrected chi connectivity index (χ0v) is 12.0. The summed E-state index contributed by atoms with van der Waals surface area (Å²) in [5.41, 5.74) is 7.53. The van der Waals surface area contributed by atoms with Crippen LogP contribution in [0.3, 0.4) is 0 Å². The Morgan fingerprint density at radius 1 is 1.43 bits per heavy atom. The van der Waals surface area contributed by atoms with Crippen LogP contribution in [-0.2, 0) is 6.42 Å². The lowest BCUT2D eigenvalue weighted by Crippen LogP contribution is -2.24. The minimum Gasteiger partial charge on any atom is -0.488 e. The summed E-state index contributed by atoms with van der Waals surface area (Å²) in [5, 5.41) is 0. The Hall–Kier alpha value is -2.21. The van der Waals surface area contributed by atoms with E-state index in [1.165, 1.54) is 6.20 Å². The van der Waals surface area contributed by atoms with Gasteiger partial charge in [0.2, 0.25) is 0 Å². The lowest BCUT2D eigenvalue weighted by Gasteiger charge is -2.14. The lowest BCUT2D eigenvalue weighted by atomic mass is 10.1. The van der Waals surface area contributed by atoms with Crippen molar-refractivity contribution in [1.82, 2.24) is 9.97 Å². The number of benzene rings is 1. The molecule has 3 rings (SSSR count). The van der Waals surface area contributed by atoms with Gasteiger partial charge < -0.3 is 15.4 Å². The van der Waals surface area contributed by atoms with E-state index in [2.05, 4.69) is 9.97 Å². The fourth-order valence-electron chi connectivity index (χ4n) is 2.45. The van der Waals surface area contributed by atoms with Crippen LogP contribution in [0, 0.1) is 5.82 Å². The average molecular weight is 288 g/mol. The zero-order chi connectivity index (χ0) is 15.0. The number of fused-ring (bicyclic) bond motifs is 1. The van der Waals surface area contributed by atoms with Crippen LogP contribution in [-0.4, -0.2) is 36.7 Å². The van der Waals surface area contributed by atoms with Crippen molar-refractivity contribution < 1.29 is 9.13 Å². The predicted octanol–water partition coefficient (Wildman–Crippen LogP) is 1.61. The largest absolute Gasteiger partial charge is 0.488 e. The molecule has 1 aliphatic heterocycles. The molecule has 1 aromatic carbocycles. The monoisotopic (exact) mass is 288 g/mol. The zero-order valence-electron chi connectivity index (χ0n) is 12.0. The Labute approximate surface area is 122 Å². The number of anilines is 1. The fourth-order valence-corrected chi connectivity index (χ4v) is 2.45. The van der Waals surface area contributed by atoms with Crippen LogP contribution >= 0.6 is 0 Å². The Bertz CT molecular complexity index is 675. The highest BCUT2D eigenvalue weighted by molar-refractivity contribution is 5.68. The first-order valence-electron chi connectivity index (χ1n) is 6.79. The standard InChI is InChI=1S/C15H17FN4O/c1-20(2)15-12(16)8-18-14(19-15)11-5-3-4-9-6-10(7-17)21-13(9)11/h3-5,8,10H,6-7,17H2,1-2H3. The van der Waals surface area contributed by atoms with Gasteiger partial charge in [0.15, 0.2) is 17.5 Å².